The second-order valence-electron chi connectivity index (χ2n) is 3.20. The van der Waals surface area contributed by atoms with E-state index in [0.717, 1.165) is 11.1 Å². The van der Waals surface area contributed by atoms with Gasteiger partial charge in [0.1, 0.15) is 5.82 Å². The van der Waals surface area contributed by atoms with Gasteiger partial charge in [-0.05, 0) is 35.7 Å². The van der Waals surface area contributed by atoms with E-state index in [1.165, 1.54) is 6.07 Å². The Balaban J connectivity index is 2.58. The van der Waals surface area contributed by atoms with Gasteiger partial charge in [-0.25, -0.2) is 4.39 Å². The van der Waals surface area contributed by atoms with Crippen molar-refractivity contribution in [3.8, 4) is 11.1 Å². The van der Waals surface area contributed by atoms with Crippen LogP contribution in [0.4, 0.5) is 4.39 Å². The fourth-order valence-corrected chi connectivity index (χ4v) is 1.49. The molecule has 0 aromatic heterocycles. The first-order valence-corrected chi connectivity index (χ1v) is 4.50. The average molecular weight is 185 g/mol. The van der Waals surface area contributed by atoms with Crippen LogP contribution in [0.5, 0.6) is 0 Å². The Kier molecular flexibility index (Phi) is 2.32. The largest absolute Gasteiger partial charge is 0.207 e. The molecule has 1 heteroatoms. The second-order valence-corrected chi connectivity index (χ2v) is 3.20. The molecule has 0 saturated carbocycles. The van der Waals surface area contributed by atoms with Crippen molar-refractivity contribution in [1.82, 2.24) is 0 Å². The average Bonchev–Trinajstić information content (AvgIpc) is 2.23. The van der Waals surface area contributed by atoms with Crippen LogP contribution in [0.15, 0.2) is 42.5 Å². The molecule has 0 unspecified atom stereocenters. The molecule has 2 aromatic carbocycles. The zero-order chi connectivity index (χ0) is 9.97. The molecule has 0 heterocycles. The molecule has 0 bridgehead atoms. The van der Waals surface area contributed by atoms with Gasteiger partial charge in [0, 0.05) is 0 Å². The highest BCUT2D eigenvalue weighted by Crippen LogP contribution is 2.24. The Morgan fingerprint density at radius 2 is 1.79 bits per heavy atom. The highest BCUT2D eigenvalue weighted by atomic mass is 19.1. The van der Waals surface area contributed by atoms with Gasteiger partial charge in [-0.1, -0.05) is 36.4 Å². The summed E-state index contributed by atoms with van der Waals surface area (Å²) in [5.41, 5.74) is 2.67. The van der Waals surface area contributed by atoms with Gasteiger partial charge >= 0.3 is 0 Å². The van der Waals surface area contributed by atoms with Gasteiger partial charge in [0.25, 0.3) is 0 Å². The molecule has 2 aromatic rings. The number of hydrogen-bond donors (Lipinski definition) is 0. The van der Waals surface area contributed by atoms with E-state index in [1.807, 2.05) is 30.3 Å². The molecule has 2 rings (SSSR count). The monoisotopic (exact) mass is 185 g/mol. The summed E-state index contributed by atoms with van der Waals surface area (Å²) in [6.45, 7) is 1.79. The van der Waals surface area contributed by atoms with Crippen LogP contribution in [0.3, 0.4) is 0 Å². The fourth-order valence-electron chi connectivity index (χ4n) is 1.49. The van der Waals surface area contributed by atoms with Crippen LogP contribution < -0.4 is 0 Å². The van der Waals surface area contributed by atoms with Crippen LogP contribution in [-0.4, -0.2) is 0 Å². The van der Waals surface area contributed by atoms with E-state index in [9.17, 15) is 4.39 Å². The Labute approximate surface area is 83.0 Å². The van der Waals surface area contributed by atoms with Crippen molar-refractivity contribution in [2.24, 2.45) is 0 Å². The summed E-state index contributed by atoms with van der Waals surface area (Å²) in [5, 5.41) is 0. The molecule has 1 radical (unpaired) electrons. The fraction of sp³-hybridized carbons (Fsp3) is 0.0769. The van der Waals surface area contributed by atoms with Gasteiger partial charge in [-0.2, -0.15) is 0 Å². The van der Waals surface area contributed by atoms with E-state index in [4.69, 9.17) is 0 Å². The zero-order valence-corrected chi connectivity index (χ0v) is 7.92. The third kappa shape index (κ3) is 1.53. The normalized spacial score (nSPS) is 10.1. The summed E-state index contributed by atoms with van der Waals surface area (Å²) in [5.74, 6) is -0.157. The summed E-state index contributed by atoms with van der Waals surface area (Å²) in [4.78, 5) is 0. The molecule has 0 aliphatic carbocycles. The predicted molar refractivity (Wildman–Crippen MR) is 55.4 cm³/mol. The van der Waals surface area contributed by atoms with E-state index in [2.05, 4.69) is 6.07 Å². The molecular formula is C13H10F. The summed E-state index contributed by atoms with van der Waals surface area (Å²) in [7, 11) is 0. The molecule has 0 aliphatic heterocycles. The third-order valence-electron chi connectivity index (χ3n) is 2.30. The summed E-state index contributed by atoms with van der Waals surface area (Å²) < 4.78 is 13.3. The van der Waals surface area contributed by atoms with E-state index in [0.29, 0.717) is 5.56 Å². The summed E-state index contributed by atoms with van der Waals surface area (Å²) in [6.07, 6.45) is 0. The van der Waals surface area contributed by atoms with Gasteiger partial charge in [-0.15, -0.1) is 0 Å². The minimum atomic E-state index is -0.157. The first-order chi connectivity index (χ1) is 6.79. The highest BCUT2D eigenvalue weighted by Gasteiger charge is 2.04. The molecule has 0 N–H and O–H groups in total. The van der Waals surface area contributed by atoms with Crippen LogP contribution in [-0.2, 0) is 0 Å². The van der Waals surface area contributed by atoms with E-state index in [1.54, 1.807) is 13.0 Å². The van der Waals surface area contributed by atoms with Gasteiger partial charge in [0.15, 0.2) is 0 Å². The minimum Gasteiger partial charge on any atom is -0.207 e. The first kappa shape index (κ1) is 8.95. The third-order valence-corrected chi connectivity index (χ3v) is 2.30. The second kappa shape index (κ2) is 3.62. The van der Waals surface area contributed by atoms with Crippen molar-refractivity contribution in [3.63, 3.8) is 0 Å². The molecule has 0 saturated heterocycles. The number of benzene rings is 2. The van der Waals surface area contributed by atoms with Gasteiger partial charge in [0.05, 0.1) is 0 Å². The highest BCUT2D eigenvalue weighted by molar-refractivity contribution is 5.66. The van der Waals surface area contributed by atoms with E-state index < -0.39 is 0 Å². The topological polar surface area (TPSA) is 0 Å². The molecule has 0 spiro atoms. The van der Waals surface area contributed by atoms with Crippen molar-refractivity contribution in [1.29, 1.82) is 0 Å². The van der Waals surface area contributed by atoms with Gasteiger partial charge in [-0.3, -0.25) is 0 Å². The molecule has 0 fully saturated rings. The van der Waals surface area contributed by atoms with Crippen molar-refractivity contribution in [2.75, 3.05) is 0 Å². The van der Waals surface area contributed by atoms with Crippen molar-refractivity contribution >= 4 is 0 Å². The van der Waals surface area contributed by atoms with Crippen molar-refractivity contribution in [3.05, 3.63) is 59.9 Å². The molecule has 0 nitrogen and oxygen atoms in total. The van der Waals surface area contributed by atoms with Crippen LogP contribution in [0.2, 0.25) is 0 Å². The quantitative estimate of drug-likeness (QED) is 0.636. The molecule has 0 amide bonds. The van der Waals surface area contributed by atoms with Crippen molar-refractivity contribution in [2.45, 2.75) is 6.92 Å². The lowest BCUT2D eigenvalue weighted by Gasteiger charge is -2.05. The lowest BCUT2D eigenvalue weighted by atomic mass is 10.0. The molecular weight excluding hydrogens is 175 g/mol. The maximum absolute atomic E-state index is 13.3. The van der Waals surface area contributed by atoms with Crippen LogP contribution in [0.1, 0.15) is 5.56 Å². The first-order valence-electron chi connectivity index (χ1n) is 4.50. The molecule has 14 heavy (non-hydrogen) atoms. The predicted octanol–water partition coefficient (Wildman–Crippen LogP) is 3.60. The molecule has 69 valence electrons. The minimum absolute atomic E-state index is 0.157. The maximum Gasteiger partial charge on any atom is 0.126 e. The Hall–Kier alpha value is -1.63. The summed E-state index contributed by atoms with van der Waals surface area (Å²) in [6, 6.07) is 15.6. The molecule has 0 aliphatic rings. The van der Waals surface area contributed by atoms with Crippen molar-refractivity contribution < 1.29 is 4.39 Å². The number of halogens is 1. The Bertz CT molecular complexity index is 432. The Morgan fingerprint density at radius 1 is 1.07 bits per heavy atom. The Morgan fingerprint density at radius 3 is 2.50 bits per heavy atom. The zero-order valence-electron chi connectivity index (χ0n) is 7.92. The lowest BCUT2D eigenvalue weighted by Crippen LogP contribution is -1.86. The van der Waals surface area contributed by atoms with Gasteiger partial charge < -0.3 is 0 Å². The standard InChI is InChI=1S/C13H10F/c1-10-12(8-5-9-13(10)14)11-6-3-2-4-7-11/h3-9H,1H3. The SMILES string of the molecule is Cc1c(F)cccc1-c1cc[c]cc1. The van der Waals surface area contributed by atoms with Crippen LogP contribution >= 0.6 is 0 Å². The smallest absolute Gasteiger partial charge is 0.126 e. The maximum atomic E-state index is 13.3. The number of hydrogen-bond acceptors (Lipinski definition) is 0. The lowest BCUT2D eigenvalue weighted by molar-refractivity contribution is 0.619. The van der Waals surface area contributed by atoms with E-state index in [-0.39, 0.29) is 5.82 Å². The summed E-state index contributed by atoms with van der Waals surface area (Å²) >= 11 is 0. The molecule has 0 atom stereocenters. The van der Waals surface area contributed by atoms with Crippen LogP contribution in [0, 0.1) is 18.8 Å². The number of rotatable bonds is 1. The van der Waals surface area contributed by atoms with E-state index >= 15 is 0 Å². The van der Waals surface area contributed by atoms with Crippen LogP contribution in [0.25, 0.3) is 11.1 Å². The van der Waals surface area contributed by atoms with Gasteiger partial charge in [0.2, 0.25) is 0 Å².